The quantitative estimate of drug-likeness (QED) is 0.706. The molecule has 3 nitrogen and oxygen atoms in total. The van der Waals surface area contributed by atoms with Crippen molar-refractivity contribution in [2.45, 2.75) is 51.2 Å². The molecule has 1 aliphatic rings. The second-order valence-electron chi connectivity index (χ2n) is 5.03. The lowest BCUT2D eigenvalue weighted by atomic mass is 9.80. The van der Waals surface area contributed by atoms with E-state index in [1.165, 1.54) is 12.8 Å². The third-order valence-corrected chi connectivity index (χ3v) is 3.88. The van der Waals surface area contributed by atoms with Gasteiger partial charge in [-0.2, -0.15) is 0 Å². The molecule has 1 rings (SSSR count). The van der Waals surface area contributed by atoms with Crippen LogP contribution in [0.15, 0.2) is 0 Å². The lowest BCUT2D eigenvalue weighted by Crippen LogP contribution is -2.44. The van der Waals surface area contributed by atoms with Crippen LogP contribution in [0, 0.1) is 5.92 Å². The van der Waals surface area contributed by atoms with Crippen LogP contribution in [0.2, 0.25) is 0 Å². The second-order valence-corrected chi connectivity index (χ2v) is 5.03. The van der Waals surface area contributed by atoms with Crippen LogP contribution in [-0.2, 0) is 4.74 Å². The van der Waals surface area contributed by atoms with E-state index in [-0.39, 0.29) is 6.10 Å². The van der Waals surface area contributed by atoms with Crippen LogP contribution in [0.25, 0.3) is 0 Å². The zero-order chi connectivity index (χ0) is 12.0. The molecule has 0 spiro atoms. The number of rotatable bonds is 6. The minimum Gasteiger partial charge on any atom is -0.393 e. The first-order valence-corrected chi connectivity index (χ1v) is 6.56. The van der Waals surface area contributed by atoms with Crippen molar-refractivity contribution in [2.24, 2.45) is 5.92 Å². The van der Waals surface area contributed by atoms with Crippen LogP contribution in [0.4, 0.5) is 0 Å². The van der Waals surface area contributed by atoms with Gasteiger partial charge in [0.05, 0.1) is 6.10 Å². The Morgan fingerprint density at radius 1 is 1.38 bits per heavy atom. The van der Waals surface area contributed by atoms with Crippen molar-refractivity contribution in [2.75, 3.05) is 27.3 Å². The van der Waals surface area contributed by atoms with Gasteiger partial charge in [-0.15, -0.1) is 0 Å². The maximum Gasteiger partial charge on any atom is 0.0555 e. The van der Waals surface area contributed by atoms with Crippen molar-refractivity contribution in [1.29, 1.82) is 0 Å². The Hall–Kier alpha value is -0.120. The number of nitrogens with zero attached hydrogens (tertiary/aromatic N) is 1. The minimum absolute atomic E-state index is 0.0855. The number of methoxy groups -OCH3 is 1. The third kappa shape index (κ3) is 4.04. The molecule has 0 aromatic rings. The summed E-state index contributed by atoms with van der Waals surface area (Å²) < 4.78 is 5.08. The Bertz CT molecular complexity index is 187. The van der Waals surface area contributed by atoms with E-state index in [2.05, 4.69) is 18.9 Å². The minimum atomic E-state index is -0.0855. The molecule has 0 aromatic heterocycles. The predicted molar refractivity (Wildman–Crippen MR) is 66.5 cm³/mol. The van der Waals surface area contributed by atoms with Crippen LogP contribution in [-0.4, -0.2) is 49.5 Å². The highest BCUT2D eigenvalue weighted by Crippen LogP contribution is 2.30. The van der Waals surface area contributed by atoms with Crippen LogP contribution < -0.4 is 0 Å². The van der Waals surface area contributed by atoms with E-state index in [0.717, 1.165) is 38.3 Å². The van der Waals surface area contributed by atoms with Crippen LogP contribution in [0.3, 0.4) is 0 Å². The fraction of sp³-hybridized carbons (Fsp3) is 1.00. The topological polar surface area (TPSA) is 32.7 Å². The molecule has 0 saturated heterocycles. The largest absolute Gasteiger partial charge is 0.393 e. The van der Waals surface area contributed by atoms with Gasteiger partial charge in [0.1, 0.15) is 0 Å². The van der Waals surface area contributed by atoms with Crippen LogP contribution in [0.5, 0.6) is 0 Å². The molecule has 96 valence electrons. The Morgan fingerprint density at radius 3 is 2.75 bits per heavy atom. The van der Waals surface area contributed by atoms with Crippen LogP contribution in [0.1, 0.15) is 39.0 Å². The molecule has 1 fully saturated rings. The average molecular weight is 229 g/mol. The molecular formula is C13H27NO2. The van der Waals surface area contributed by atoms with Gasteiger partial charge in [-0.1, -0.05) is 13.3 Å². The smallest absolute Gasteiger partial charge is 0.0555 e. The lowest BCUT2D eigenvalue weighted by molar-refractivity contribution is 0.0334. The summed E-state index contributed by atoms with van der Waals surface area (Å²) in [5.41, 5.74) is 0. The summed E-state index contributed by atoms with van der Waals surface area (Å²) in [4.78, 5) is 2.41. The molecule has 3 unspecified atom stereocenters. The number of hydrogen-bond donors (Lipinski definition) is 1. The van der Waals surface area contributed by atoms with Gasteiger partial charge in [-0.25, -0.2) is 0 Å². The molecule has 3 atom stereocenters. The molecule has 0 bridgehead atoms. The molecule has 1 aliphatic carbocycles. The maximum absolute atomic E-state index is 9.76. The van der Waals surface area contributed by atoms with E-state index in [4.69, 9.17) is 4.74 Å². The molecule has 0 aliphatic heterocycles. The molecule has 3 heteroatoms. The maximum atomic E-state index is 9.76. The molecule has 0 radical (unpaired) electrons. The van der Waals surface area contributed by atoms with Crippen molar-refractivity contribution in [3.63, 3.8) is 0 Å². The first kappa shape index (κ1) is 13.9. The van der Waals surface area contributed by atoms with E-state index in [1.54, 1.807) is 7.11 Å². The SMILES string of the molecule is CCC1CCC(O)CC1N(C)CCCOC. The van der Waals surface area contributed by atoms with E-state index in [9.17, 15) is 5.11 Å². The number of aliphatic hydroxyl groups is 1. The summed E-state index contributed by atoms with van der Waals surface area (Å²) in [6, 6.07) is 0.561. The first-order chi connectivity index (χ1) is 7.69. The fourth-order valence-electron chi connectivity index (χ4n) is 2.83. The highest BCUT2D eigenvalue weighted by atomic mass is 16.5. The highest BCUT2D eigenvalue weighted by molar-refractivity contribution is 4.85. The standard InChI is InChI=1S/C13H27NO2/c1-4-11-6-7-12(15)10-13(11)14(2)8-5-9-16-3/h11-13,15H,4-10H2,1-3H3. The summed E-state index contributed by atoms with van der Waals surface area (Å²) >= 11 is 0. The van der Waals surface area contributed by atoms with E-state index in [1.807, 2.05) is 0 Å². The summed E-state index contributed by atoms with van der Waals surface area (Å²) in [6.45, 7) is 4.16. The Kier molecular flexibility index (Phi) is 6.32. The number of ether oxygens (including phenoxy) is 1. The number of aliphatic hydroxyl groups excluding tert-OH is 1. The molecule has 0 amide bonds. The lowest BCUT2D eigenvalue weighted by Gasteiger charge is -2.39. The van der Waals surface area contributed by atoms with Gasteiger partial charge in [0.15, 0.2) is 0 Å². The van der Waals surface area contributed by atoms with Gasteiger partial charge in [0.2, 0.25) is 0 Å². The summed E-state index contributed by atoms with van der Waals surface area (Å²) in [6.07, 6.45) is 5.33. The van der Waals surface area contributed by atoms with Crippen molar-refractivity contribution >= 4 is 0 Å². The van der Waals surface area contributed by atoms with Crippen LogP contribution >= 0.6 is 0 Å². The van der Waals surface area contributed by atoms with E-state index < -0.39 is 0 Å². The van der Waals surface area contributed by atoms with Gasteiger partial charge < -0.3 is 14.7 Å². The summed E-state index contributed by atoms with van der Waals surface area (Å²) in [5, 5.41) is 9.76. The fourth-order valence-corrected chi connectivity index (χ4v) is 2.83. The normalized spacial score (nSPS) is 30.9. The van der Waals surface area contributed by atoms with Gasteiger partial charge in [0, 0.05) is 26.3 Å². The van der Waals surface area contributed by atoms with Gasteiger partial charge in [-0.3, -0.25) is 0 Å². The molecule has 16 heavy (non-hydrogen) atoms. The Morgan fingerprint density at radius 2 is 2.12 bits per heavy atom. The highest BCUT2D eigenvalue weighted by Gasteiger charge is 2.30. The number of hydrogen-bond acceptors (Lipinski definition) is 3. The Balaban J connectivity index is 2.39. The van der Waals surface area contributed by atoms with Gasteiger partial charge in [0.25, 0.3) is 0 Å². The monoisotopic (exact) mass is 229 g/mol. The molecular weight excluding hydrogens is 202 g/mol. The van der Waals surface area contributed by atoms with Gasteiger partial charge in [-0.05, 0) is 38.6 Å². The molecule has 0 heterocycles. The van der Waals surface area contributed by atoms with Crippen molar-refractivity contribution in [3.8, 4) is 0 Å². The molecule has 1 N–H and O–H groups in total. The van der Waals surface area contributed by atoms with Gasteiger partial charge >= 0.3 is 0 Å². The van der Waals surface area contributed by atoms with Crippen molar-refractivity contribution < 1.29 is 9.84 Å². The second kappa shape index (κ2) is 7.25. The van der Waals surface area contributed by atoms with Crippen molar-refractivity contribution in [3.05, 3.63) is 0 Å². The van der Waals surface area contributed by atoms with E-state index >= 15 is 0 Å². The van der Waals surface area contributed by atoms with E-state index in [0.29, 0.717) is 6.04 Å². The zero-order valence-electron chi connectivity index (χ0n) is 11.0. The third-order valence-electron chi connectivity index (χ3n) is 3.88. The predicted octanol–water partition coefficient (Wildman–Crippen LogP) is 1.89. The average Bonchev–Trinajstić information content (AvgIpc) is 2.29. The van der Waals surface area contributed by atoms with Crippen molar-refractivity contribution in [1.82, 2.24) is 4.90 Å². The first-order valence-electron chi connectivity index (χ1n) is 6.56. The zero-order valence-corrected chi connectivity index (χ0v) is 11.0. The molecule has 0 aromatic carbocycles. The Labute approximate surface area is 99.8 Å². The summed E-state index contributed by atoms with van der Waals surface area (Å²) in [7, 11) is 3.93. The molecule has 1 saturated carbocycles. The summed E-state index contributed by atoms with van der Waals surface area (Å²) in [5.74, 6) is 0.760.